The second kappa shape index (κ2) is 12.7. The number of likely N-dealkylation sites (N-methyl/N-ethyl adjacent to an activating group) is 1. The summed E-state index contributed by atoms with van der Waals surface area (Å²) < 4.78 is 41.5. The lowest BCUT2D eigenvalue weighted by atomic mass is 9.91. The van der Waals surface area contributed by atoms with Crippen LogP contribution in [0.25, 0.3) is 0 Å². The second-order valence-electron chi connectivity index (χ2n) is 10.1. The summed E-state index contributed by atoms with van der Waals surface area (Å²) in [5, 5.41) is 8.27. The molecule has 1 aliphatic heterocycles. The fraction of sp³-hybridized carbons (Fsp3) is 0.654. The zero-order valence-corrected chi connectivity index (χ0v) is 21.8. The van der Waals surface area contributed by atoms with E-state index >= 15 is 0 Å². The number of anilines is 1. The minimum atomic E-state index is -2.64. The van der Waals surface area contributed by atoms with Crippen molar-refractivity contribution in [3.63, 3.8) is 0 Å². The number of nitrogens with zero attached hydrogens (tertiary/aromatic N) is 2. The molecule has 1 aromatic carbocycles. The molecule has 0 unspecified atom stereocenters. The monoisotopic (exact) mass is 525 g/mol. The Balaban J connectivity index is 1.62. The molecule has 3 amide bonds. The van der Waals surface area contributed by atoms with Gasteiger partial charge in [-0.3, -0.25) is 14.4 Å². The predicted octanol–water partition coefficient (Wildman–Crippen LogP) is 2.70. The van der Waals surface area contributed by atoms with Crippen molar-refractivity contribution >= 4 is 23.4 Å². The molecule has 1 saturated carbocycles. The Labute approximate surface area is 216 Å². The van der Waals surface area contributed by atoms with Crippen molar-refractivity contribution < 1.29 is 27.6 Å². The fourth-order valence-electron chi connectivity index (χ4n) is 4.68. The maximum Gasteiger partial charge on any atom is 0.248 e. The van der Waals surface area contributed by atoms with Crippen LogP contribution in [0.3, 0.4) is 0 Å². The molecule has 206 valence electrons. The van der Waals surface area contributed by atoms with Gasteiger partial charge in [0.25, 0.3) is 0 Å². The van der Waals surface area contributed by atoms with Gasteiger partial charge in [0, 0.05) is 57.4 Å². The summed E-state index contributed by atoms with van der Waals surface area (Å²) >= 11 is 0. The number of hydrogen-bond acceptors (Lipinski definition) is 5. The van der Waals surface area contributed by atoms with Crippen molar-refractivity contribution in [1.82, 2.24) is 20.4 Å². The molecule has 2 aliphatic rings. The molecule has 2 atom stereocenters. The normalized spacial score (nSPS) is 20.2. The highest BCUT2D eigenvalue weighted by atomic mass is 19.3. The van der Waals surface area contributed by atoms with E-state index in [9.17, 15) is 27.6 Å². The topological polar surface area (TPSA) is 93.8 Å². The molecule has 3 N–H and O–H groups in total. The van der Waals surface area contributed by atoms with Gasteiger partial charge in [0.15, 0.2) is 0 Å². The van der Waals surface area contributed by atoms with E-state index in [-0.39, 0.29) is 62.2 Å². The van der Waals surface area contributed by atoms with Gasteiger partial charge in [0.1, 0.15) is 11.9 Å². The lowest BCUT2D eigenvalue weighted by Crippen LogP contribution is -2.55. The highest BCUT2D eigenvalue weighted by Crippen LogP contribution is 2.33. The Morgan fingerprint density at radius 1 is 1.08 bits per heavy atom. The lowest BCUT2D eigenvalue weighted by Gasteiger charge is -2.36. The van der Waals surface area contributed by atoms with E-state index < -0.39 is 29.6 Å². The van der Waals surface area contributed by atoms with Gasteiger partial charge in [-0.1, -0.05) is 19.9 Å². The Morgan fingerprint density at radius 2 is 1.73 bits per heavy atom. The second-order valence-corrected chi connectivity index (χ2v) is 10.1. The standard InChI is InChI=1S/C26H38F3N5O3/c1-4-22(35)32-24(25(37)34-13-11-33(3)12-14-34)17(2)18-5-6-21(20(27)15-18)31-23(36)16-30-19-7-9-26(28,29)10-8-19/h5-6,15,17,19,24,30H,4,7-14,16H2,1-3H3,(H,31,36)(H,32,35)/t17-,24+/m0/s1. The average Bonchev–Trinajstić information content (AvgIpc) is 2.87. The molecule has 0 spiro atoms. The van der Waals surface area contributed by atoms with Crippen LogP contribution in [0.4, 0.5) is 18.9 Å². The van der Waals surface area contributed by atoms with Gasteiger partial charge in [-0.05, 0) is 37.6 Å². The Kier molecular flexibility index (Phi) is 9.94. The van der Waals surface area contributed by atoms with Crippen LogP contribution in [0, 0.1) is 5.82 Å². The van der Waals surface area contributed by atoms with E-state index in [1.54, 1.807) is 24.8 Å². The first-order valence-corrected chi connectivity index (χ1v) is 13.0. The number of nitrogens with one attached hydrogen (secondary N) is 3. The van der Waals surface area contributed by atoms with Crippen LogP contribution in [-0.2, 0) is 14.4 Å². The third-order valence-electron chi connectivity index (χ3n) is 7.28. The van der Waals surface area contributed by atoms with Gasteiger partial charge in [-0.2, -0.15) is 0 Å². The molecule has 0 aromatic heterocycles. The van der Waals surface area contributed by atoms with Crippen LogP contribution in [0.2, 0.25) is 0 Å². The third-order valence-corrected chi connectivity index (χ3v) is 7.28. The van der Waals surface area contributed by atoms with Crippen LogP contribution in [-0.4, -0.2) is 85.3 Å². The number of carbonyl (C=O) groups is 3. The van der Waals surface area contributed by atoms with Crippen molar-refractivity contribution in [3.05, 3.63) is 29.6 Å². The molecule has 37 heavy (non-hydrogen) atoms. The van der Waals surface area contributed by atoms with Crippen molar-refractivity contribution in [2.75, 3.05) is 45.1 Å². The summed E-state index contributed by atoms with van der Waals surface area (Å²) in [5.41, 5.74) is 0.498. The van der Waals surface area contributed by atoms with E-state index in [1.807, 2.05) is 7.05 Å². The van der Waals surface area contributed by atoms with Crippen LogP contribution >= 0.6 is 0 Å². The third kappa shape index (κ3) is 8.16. The van der Waals surface area contributed by atoms with E-state index in [0.717, 1.165) is 13.1 Å². The summed E-state index contributed by atoms with van der Waals surface area (Å²) in [4.78, 5) is 41.7. The van der Waals surface area contributed by atoms with Gasteiger partial charge in [-0.15, -0.1) is 0 Å². The zero-order valence-electron chi connectivity index (χ0n) is 21.8. The molecule has 3 rings (SSSR count). The molecule has 1 aromatic rings. The van der Waals surface area contributed by atoms with E-state index in [2.05, 4.69) is 20.9 Å². The first-order chi connectivity index (χ1) is 17.5. The van der Waals surface area contributed by atoms with Crippen LogP contribution in [0.5, 0.6) is 0 Å². The maximum atomic E-state index is 14.9. The van der Waals surface area contributed by atoms with Gasteiger partial charge < -0.3 is 25.8 Å². The van der Waals surface area contributed by atoms with E-state index in [0.29, 0.717) is 18.7 Å². The quantitative estimate of drug-likeness (QED) is 0.461. The number of halogens is 3. The maximum absolute atomic E-state index is 14.9. The molecular formula is C26H38F3N5O3. The number of carbonyl (C=O) groups excluding carboxylic acids is 3. The number of alkyl halides is 2. The molecule has 1 heterocycles. The zero-order chi connectivity index (χ0) is 27.2. The minimum Gasteiger partial charge on any atom is -0.344 e. The summed E-state index contributed by atoms with van der Waals surface area (Å²) in [6.45, 7) is 5.93. The number of benzene rings is 1. The predicted molar refractivity (Wildman–Crippen MR) is 135 cm³/mol. The van der Waals surface area contributed by atoms with E-state index in [4.69, 9.17) is 0 Å². The smallest absolute Gasteiger partial charge is 0.248 e. The summed E-state index contributed by atoms with van der Waals surface area (Å²) in [6.07, 6.45) is 0.360. The molecule has 1 saturated heterocycles. The number of amides is 3. The first-order valence-electron chi connectivity index (χ1n) is 13.0. The SMILES string of the molecule is CCC(=O)N[C@@H](C(=O)N1CCN(C)CC1)[C@@H](C)c1ccc(NC(=O)CNC2CCC(F)(F)CC2)c(F)c1. The van der Waals surface area contributed by atoms with Crippen molar-refractivity contribution in [2.24, 2.45) is 0 Å². The van der Waals surface area contributed by atoms with Gasteiger partial charge in [0.2, 0.25) is 23.6 Å². The molecule has 1 aliphatic carbocycles. The van der Waals surface area contributed by atoms with Crippen LogP contribution in [0.15, 0.2) is 18.2 Å². The molecule has 0 radical (unpaired) electrons. The minimum absolute atomic E-state index is 0.0162. The Bertz CT molecular complexity index is 959. The van der Waals surface area contributed by atoms with Gasteiger partial charge >= 0.3 is 0 Å². The molecular weight excluding hydrogens is 487 g/mol. The summed E-state index contributed by atoms with van der Waals surface area (Å²) in [6, 6.07) is 3.30. The first kappa shape index (κ1) is 28.9. The Morgan fingerprint density at radius 3 is 2.32 bits per heavy atom. The molecule has 11 heteroatoms. The largest absolute Gasteiger partial charge is 0.344 e. The van der Waals surface area contributed by atoms with Gasteiger partial charge in [0.05, 0.1) is 12.2 Å². The summed E-state index contributed by atoms with van der Waals surface area (Å²) in [7, 11) is 1.98. The highest BCUT2D eigenvalue weighted by Gasteiger charge is 2.35. The van der Waals surface area contributed by atoms with Crippen LogP contribution < -0.4 is 16.0 Å². The van der Waals surface area contributed by atoms with E-state index in [1.165, 1.54) is 12.1 Å². The van der Waals surface area contributed by atoms with Crippen molar-refractivity contribution in [2.45, 2.75) is 69.9 Å². The summed E-state index contributed by atoms with van der Waals surface area (Å²) in [5.74, 6) is -4.76. The van der Waals surface area contributed by atoms with Crippen molar-refractivity contribution in [3.8, 4) is 0 Å². The van der Waals surface area contributed by atoms with Crippen LogP contribution in [0.1, 0.15) is 57.4 Å². The number of piperazine rings is 1. The Hall–Kier alpha value is -2.66. The highest BCUT2D eigenvalue weighted by molar-refractivity contribution is 5.92. The average molecular weight is 526 g/mol. The lowest BCUT2D eigenvalue weighted by molar-refractivity contribution is -0.138. The van der Waals surface area contributed by atoms with Gasteiger partial charge in [-0.25, -0.2) is 13.2 Å². The van der Waals surface area contributed by atoms with Crippen molar-refractivity contribution in [1.29, 1.82) is 0 Å². The number of hydrogen-bond donors (Lipinski definition) is 3. The molecule has 8 nitrogen and oxygen atoms in total. The molecule has 0 bridgehead atoms. The fourth-order valence-corrected chi connectivity index (χ4v) is 4.68. The molecule has 2 fully saturated rings. The number of rotatable bonds is 9.